The van der Waals surface area contributed by atoms with E-state index in [1.165, 1.54) is 36.7 Å². The Kier molecular flexibility index (Phi) is 5.33. The molecule has 0 atom stereocenters. The van der Waals surface area contributed by atoms with Gasteiger partial charge in [0.2, 0.25) is 0 Å². The molecule has 0 saturated heterocycles. The van der Waals surface area contributed by atoms with Crippen LogP contribution >= 0.6 is 11.3 Å². The molecule has 2 aromatic carbocycles. The van der Waals surface area contributed by atoms with Crippen LogP contribution in [-0.4, -0.2) is 24.7 Å². The van der Waals surface area contributed by atoms with Crippen molar-refractivity contribution in [3.63, 3.8) is 0 Å². The molecule has 0 unspecified atom stereocenters. The van der Waals surface area contributed by atoms with Crippen LogP contribution in [0.25, 0.3) is 10.2 Å². The van der Waals surface area contributed by atoms with Gasteiger partial charge in [0.25, 0.3) is 5.91 Å². The van der Waals surface area contributed by atoms with Gasteiger partial charge in [0.1, 0.15) is 0 Å². The highest BCUT2D eigenvalue weighted by molar-refractivity contribution is 7.16. The van der Waals surface area contributed by atoms with E-state index in [2.05, 4.69) is 36.9 Å². The van der Waals surface area contributed by atoms with Gasteiger partial charge in [-0.15, -0.1) is 6.42 Å². The first-order valence-corrected chi connectivity index (χ1v) is 9.16. The van der Waals surface area contributed by atoms with E-state index >= 15 is 0 Å². The SMILES string of the molecule is C#CCn1c(=NC(=O)c2cccc(OC)c2OC)sc2cc(C)c(C)cc21. The molecule has 3 rings (SSSR count). The van der Waals surface area contributed by atoms with E-state index in [9.17, 15) is 4.79 Å². The number of carbonyl (C=O) groups excluding carboxylic acids is 1. The highest BCUT2D eigenvalue weighted by Gasteiger charge is 2.17. The number of benzene rings is 2. The van der Waals surface area contributed by atoms with E-state index < -0.39 is 5.91 Å². The van der Waals surface area contributed by atoms with E-state index in [0.717, 1.165) is 10.2 Å². The van der Waals surface area contributed by atoms with Crippen molar-refractivity contribution in [2.75, 3.05) is 14.2 Å². The third-order valence-corrected chi connectivity index (χ3v) is 5.42. The Bertz CT molecular complexity index is 1130. The lowest BCUT2D eigenvalue weighted by Crippen LogP contribution is -2.17. The van der Waals surface area contributed by atoms with Crippen LogP contribution in [0.2, 0.25) is 0 Å². The number of hydrogen-bond acceptors (Lipinski definition) is 4. The highest BCUT2D eigenvalue weighted by atomic mass is 32.1. The number of hydrogen-bond donors (Lipinski definition) is 0. The number of amides is 1. The Hall–Kier alpha value is -3.04. The number of nitrogens with zero attached hydrogens (tertiary/aromatic N) is 2. The zero-order valence-electron chi connectivity index (χ0n) is 15.7. The van der Waals surface area contributed by atoms with Gasteiger partial charge in [-0.1, -0.05) is 23.3 Å². The maximum Gasteiger partial charge on any atom is 0.283 e. The zero-order valence-corrected chi connectivity index (χ0v) is 16.5. The molecule has 1 aromatic heterocycles. The molecule has 5 nitrogen and oxygen atoms in total. The van der Waals surface area contributed by atoms with Crippen LogP contribution in [0, 0.1) is 26.2 Å². The second kappa shape index (κ2) is 7.68. The molecule has 0 aliphatic carbocycles. The van der Waals surface area contributed by atoms with Crippen molar-refractivity contribution in [2.24, 2.45) is 4.99 Å². The minimum absolute atomic E-state index is 0.337. The van der Waals surface area contributed by atoms with E-state index in [-0.39, 0.29) is 0 Å². The number of terminal acetylenes is 1. The molecule has 0 N–H and O–H groups in total. The van der Waals surface area contributed by atoms with E-state index in [4.69, 9.17) is 15.9 Å². The summed E-state index contributed by atoms with van der Waals surface area (Å²) in [7, 11) is 3.03. The van der Waals surface area contributed by atoms with Crippen LogP contribution in [0.15, 0.2) is 35.3 Å². The molecule has 3 aromatic rings. The van der Waals surface area contributed by atoms with Gasteiger partial charge in [0, 0.05) is 0 Å². The monoisotopic (exact) mass is 380 g/mol. The van der Waals surface area contributed by atoms with E-state index in [0.29, 0.717) is 28.4 Å². The average Bonchev–Trinajstić information content (AvgIpc) is 2.97. The van der Waals surface area contributed by atoms with Crippen molar-refractivity contribution in [3.05, 3.63) is 51.8 Å². The third kappa shape index (κ3) is 3.46. The molecule has 0 saturated carbocycles. The lowest BCUT2D eigenvalue weighted by Gasteiger charge is -2.09. The normalized spacial score (nSPS) is 11.4. The van der Waals surface area contributed by atoms with Crippen LogP contribution in [0.3, 0.4) is 0 Å². The number of fused-ring (bicyclic) bond motifs is 1. The summed E-state index contributed by atoms with van der Waals surface area (Å²) >= 11 is 1.44. The van der Waals surface area contributed by atoms with Crippen molar-refractivity contribution in [1.82, 2.24) is 4.57 Å². The molecule has 0 spiro atoms. The van der Waals surface area contributed by atoms with Gasteiger partial charge in [-0.25, -0.2) is 0 Å². The number of ether oxygens (including phenoxy) is 2. The van der Waals surface area contributed by atoms with Crippen LogP contribution < -0.4 is 14.3 Å². The number of para-hydroxylation sites is 1. The molecule has 27 heavy (non-hydrogen) atoms. The Labute approximate surface area is 161 Å². The standard InChI is InChI=1S/C21H20N2O3S/c1-6-10-23-16-11-13(2)14(3)12-18(16)27-21(23)22-20(24)15-8-7-9-17(25-4)19(15)26-5/h1,7-9,11-12H,10H2,2-5H3. The Morgan fingerprint density at radius 1 is 1.22 bits per heavy atom. The van der Waals surface area contributed by atoms with Gasteiger partial charge in [-0.2, -0.15) is 4.99 Å². The van der Waals surface area contributed by atoms with Crippen molar-refractivity contribution in [1.29, 1.82) is 0 Å². The number of aromatic nitrogens is 1. The molecule has 0 aliphatic heterocycles. The summed E-state index contributed by atoms with van der Waals surface area (Å²) in [5.74, 6) is 3.09. The van der Waals surface area contributed by atoms with Crippen LogP contribution in [0.5, 0.6) is 11.5 Å². The first-order chi connectivity index (χ1) is 13.0. The topological polar surface area (TPSA) is 52.8 Å². The Balaban J connectivity index is 2.20. The summed E-state index contributed by atoms with van der Waals surface area (Å²) in [5.41, 5.74) is 3.67. The molecule has 1 heterocycles. The number of carbonyl (C=O) groups is 1. The first-order valence-electron chi connectivity index (χ1n) is 8.34. The Morgan fingerprint density at radius 3 is 2.63 bits per heavy atom. The van der Waals surface area contributed by atoms with Crippen molar-refractivity contribution in [2.45, 2.75) is 20.4 Å². The average molecular weight is 380 g/mol. The molecule has 6 heteroatoms. The second-order valence-corrected chi connectivity index (χ2v) is 7.05. The van der Waals surface area contributed by atoms with E-state index in [1.807, 2.05) is 4.57 Å². The minimum atomic E-state index is -0.406. The lowest BCUT2D eigenvalue weighted by atomic mass is 10.1. The lowest BCUT2D eigenvalue weighted by molar-refractivity contribution is 0.0994. The van der Waals surface area contributed by atoms with Crippen molar-refractivity contribution in [3.8, 4) is 23.8 Å². The van der Waals surface area contributed by atoms with Crippen LogP contribution in [-0.2, 0) is 6.54 Å². The summed E-state index contributed by atoms with van der Waals surface area (Å²) in [6.07, 6.45) is 5.54. The largest absolute Gasteiger partial charge is 0.493 e. The van der Waals surface area contributed by atoms with Gasteiger partial charge < -0.3 is 14.0 Å². The molecular formula is C21H20N2O3S. The highest BCUT2D eigenvalue weighted by Crippen LogP contribution is 2.31. The summed E-state index contributed by atoms with van der Waals surface area (Å²) in [6.45, 7) is 4.45. The fourth-order valence-corrected chi connectivity index (χ4v) is 3.96. The Morgan fingerprint density at radius 2 is 1.96 bits per heavy atom. The molecular weight excluding hydrogens is 360 g/mol. The van der Waals surface area contributed by atoms with Gasteiger partial charge >= 0.3 is 0 Å². The summed E-state index contributed by atoms with van der Waals surface area (Å²) in [5, 5.41) is 0. The van der Waals surface area contributed by atoms with Crippen LogP contribution in [0.1, 0.15) is 21.5 Å². The first kappa shape index (κ1) is 18.7. The third-order valence-electron chi connectivity index (χ3n) is 4.38. The summed E-state index contributed by atoms with van der Waals surface area (Å²) in [6, 6.07) is 9.31. The predicted octanol–water partition coefficient (Wildman–Crippen LogP) is 3.71. The summed E-state index contributed by atoms with van der Waals surface area (Å²) in [4.78, 5) is 17.8. The van der Waals surface area contributed by atoms with Crippen molar-refractivity contribution >= 4 is 27.5 Å². The smallest absolute Gasteiger partial charge is 0.283 e. The number of thiazole rings is 1. The van der Waals surface area contributed by atoms with Crippen molar-refractivity contribution < 1.29 is 14.3 Å². The predicted molar refractivity (Wildman–Crippen MR) is 108 cm³/mol. The van der Waals surface area contributed by atoms with Crippen LogP contribution in [0.4, 0.5) is 0 Å². The number of rotatable bonds is 4. The molecule has 138 valence electrons. The fourth-order valence-electron chi connectivity index (χ4n) is 2.85. The quantitative estimate of drug-likeness (QED) is 0.649. The second-order valence-electron chi connectivity index (χ2n) is 6.04. The molecule has 0 aliphatic rings. The van der Waals surface area contributed by atoms with Gasteiger partial charge in [-0.05, 0) is 49.2 Å². The van der Waals surface area contributed by atoms with Gasteiger partial charge in [0.05, 0.1) is 36.5 Å². The molecule has 0 fully saturated rings. The van der Waals surface area contributed by atoms with E-state index in [1.54, 1.807) is 18.2 Å². The molecule has 0 radical (unpaired) electrons. The fraction of sp³-hybridized carbons (Fsp3) is 0.238. The van der Waals surface area contributed by atoms with Gasteiger partial charge in [-0.3, -0.25) is 4.79 Å². The van der Waals surface area contributed by atoms with Gasteiger partial charge in [0.15, 0.2) is 16.3 Å². The number of aryl methyl sites for hydroxylation is 2. The summed E-state index contributed by atoms with van der Waals surface area (Å²) < 4.78 is 13.5. The molecule has 0 bridgehead atoms. The maximum absolute atomic E-state index is 12.9. The minimum Gasteiger partial charge on any atom is -0.493 e. The molecule has 1 amide bonds. The zero-order chi connectivity index (χ0) is 19.6. The number of methoxy groups -OCH3 is 2. The maximum atomic E-state index is 12.9.